The van der Waals surface area contributed by atoms with Gasteiger partial charge in [0.05, 0.1) is 7.11 Å². The lowest BCUT2D eigenvalue weighted by Gasteiger charge is -2.33. The third-order valence-corrected chi connectivity index (χ3v) is 3.03. The minimum absolute atomic E-state index is 0.0184. The zero-order chi connectivity index (χ0) is 14.1. The highest BCUT2D eigenvalue weighted by molar-refractivity contribution is 5.34. The highest BCUT2D eigenvalue weighted by atomic mass is 19.4. The first kappa shape index (κ1) is 14.8. The van der Waals surface area contributed by atoms with Gasteiger partial charge in [-0.3, -0.25) is 0 Å². The van der Waals surface area contributed by atoms with Crippen LogP contribution in [0.5, 0.6) is 5.75 Å². The van der Waals surface area contributed by atoms with Gasteiger partial charge in [-0.05, 0) is 17.7 Å². The van der Waals surface area contributed by atoms with Crippen molar-refractivity contribution in [2.24, 2.45) is 5.73 Å². The van der Waals surface area contributed by atoms with Gasteiger partial charge in [0.25, 0.3) is 0 Å². The number of hydrogen-bond acceptors (Lipinski definition) is 2. The van der Waals surface area contributed by atoms with Crippen LogP contribution in [0.3, 0.4) is 0 Å². The third kappa shape index (κ3) is 2.75. The van der Waals surface area contributed by atoms with Crippen LogP contribution < -0.4 is 10.5 Å². The Labute approximate surface area is 103 Å². The maximum atomic E-state index is 13.5. The molecule has 0 saturated carbocycles. The van der Waals surface area contributed by atoms with E-state index < -0.39 is 23.5 Å². The van der Waals surface area contributed by atoms with Gasteiger partial charge in [0, 0.05) is 5.41 Å². The molecule has 0 bridgehead atoms. The average Bonchev–Trinajstić information content (AvgIpc) is 2.26. The number of rotatable bonds is 3. The van der Waals surface area contributed by atoms with Crippen molar-refractivity contribution in [3.8, 4) is 5.75 Å². The van der Waals surface area contributed by atoms with Crippen LogP contribution in [0.4, 0.5) is 17.6 Å². The number of benzene rings is 1. The van der Waals surface area contributed by atoms with Crippen LogP contribution >= 0.6 is 0 Å². The Kier molecular flexibility index (Phi) is 3.90. The summed E-state index contributed by atoms with van der Waals surface area (Å²) in [7, 11) is 1.28. The van der Waals surface area contributed by atoms with Crippen LogP contribution in [-0.4, -0.2) is 19.3 Å². The first-order valence-corrected chi connectivity index (χ1v) is 5.27. The lowest BCUT2D eigenvalue weighted by molar-refractivity contribution is -0.160. The summed E-state index contributed by atoms with van der Waals surface area (Å²) < 4.78 is 56.1. The molecule has 0 aromatic heterocycles. The molecule has 1 unspecified atom stereocenters. The van der Waals surface area contributed by atoms with E-state index in [4.69, 9.17) is 10.5 Å². The van der Waals surface area contributed by atoms with Crippen molar-refractivity contribution in [1.82, 2.24) is 0 Å². The molecule has 0 saturated heterocycles. The number of ether oxygens (including phenoxy) is 1. The number of halogens is 4. The van der Waals surface area contributed by atoms with Crippen molar-refractivity contribution < 1.29 is 22.3 Å². The molecule has 0 spiro atoms. The van der Waals surface area contributed by atoms with Gasteiger partial charge in [-0.2, -0.15) is 13.2 Å². The molecule has 1 rings (SSSR count). The first-order chi connectivity index (χ1) is 8.10. The summed E-state index contributed by atoms with van der Waals surface area (Å²) in [5.41, 5.74) is 3.95. The van der Waals surface area contributed by atoms with Crippen LogP contribution in [0.25, 0.3) is 0 Å². The van der Waals surface area contributed by atoms with E-state index in [2.05, 4.69) is 0 Å². The predicted octanol–water partition coefficient (Wildman–Crippen LogP) is 3.00. The summed E-state index contributed by atoms with van der Waals surface area (Å²) in [5.74, 6) is -0.729. The third-order valence-electron chi connectivity index (χ3n) is 3.03. The molecule has 102 valence electrons. The van der Waals surface area contributed by atoms with Gasteiger partial charge in [-0.1, -0.05) is 19.9 Å². The largest absolute Gasteiger partial charge is 0.494 e. The summed E-state index contributed by atoms with van der Waals surface area (Å²) >= 11 is 0. The van der Waals surface area contributed by atoms with Gasteiger partial charge in [-0.15, -0.1) is 0 Å². The van der Waals surface area contributed by atoms with Crippen molar-refractivity contribution in [1.29, 1.82) is 0 Å². The molecule has 1 aromatic carbocycles. The van der Waals surface area contributed by atoms with Crippen molar-refractivity contribution in [3.63, 3.8) is 0 Å². The van der Waals surface area contributed by atoms with Gasteiger partial charge in [0.1, 0.15) is 6.04 Å². The molecule has 2 N–H and O–H groups in total. The molecule has 0 aliphatic heterocycles. The van der Waals surface area contributed by atoms with Crippen molar-refractivity contribution in [2.45, 2.75) is 31.5 Å². The molecule has 1 atom stereocenters. The molecule has 0 amide bonds. The van der Waals surface area contributed by atoms with E-state index in [0.717, 1.165) is 6.07 Å². The predicted molar refractivity (Wildman–Crippen MR) is 60.0 cm³/mol. The Morgan fingerprint density at radius 3 is 2.17 bits per heavy atom. The van der Waals surface area contributed by atoms with Crippen molar-refractivity contribution in [3.05, 3.63) is 29.6 Å². The second-order valence-electron chi connectivity index (χ2n) is 4.59. The Balaban J connectivity index is 3.16. The molecular formula is C12H15F4NO. The van der Waals surface area contributed by atoms with E-state index in [1.54, 1.807) is 0 Å². The second kappa shape index (κ2) is 4.76. The number of nitrogens with two attached hydrogens (primary N) is 1. The van der Waals surface area contributed by atoms with Crippen LogP contribution in [0, 0.1) is 5.82 Å². The molecule has 18 heavy (non-hydrogen) atoms. The number of methoxy groups -OCH3 is 1. The maximum Gasteiger partial charge on any atom is 0.404 e. The zero-order valence-corrected chi connectivity index (χ0v) is 10.3. The molecule has 0 heterocycles. The summed E-state index contributed by atoms with van der Waals surface area (Å²) in [6.07, 6.45) is -4.54. The molecular weight excluding hydrogens is 250 g/mol. The summed E-state index contributed by atoms with van der Waals surface area (Å²) in [6, 6.07) is 1.62. The minimum atomic E-state index is -4.54. The molecule has 0 fully saturated rings. The summed E-state index contributed by atoms with van der Waals surface area (Å²) in [4.78, 5) is 0. The summed E-state index contributed by atoms with van der Waals surface area (Å²) in [5, 5.41) is 0. The van der Waals surface area contributed by atoms with Gasteiger partial charge >= 0.3 is 6.18 Å². The lowest BCUT2D eigenvalue weighted by Crippen LogP contribution is -2.51. The Morgan fingerprint density at radius 2 is 1.78 bits per heavy atom. The number of hydrogen-bond donors (Lipinski definition) is 1. The van der Waals surface area contributed by atoms with Crippen molar-refractivity contribution >= 4 is 0 Å². The minimum Gasteiger partial charge on any atom is -0.494 e. The maximum absolute atomic E-state index is 13.5. The van der Waals surface area contributed by atoms with Gasteiger partial charge in [0.15, 0.2) is 11.6 Å². The summed E-state index contributed by atoms with van der Waals surface area (Å²) in [6.45, 7) is 2.65. The molecule has 0 radical (unpaired) electrons. The van der Waals surface area contributed by atoms with Gasteiger partial charge < -0.3 is 10.5 Å². The first-order valence-electron chi connectivity index (χ1n) is 5.27. The molecule has 6 heteroatoms. The lowest BCUT2D eigenvalue weighted by atomic mass is 9.77. The number of alkyl halides is 3. The fourth-order valence-electron chi connectivity index (χ4n) is 1.66. The highest BCUT2D eigenvalue weighted by Gasteiger charge is 2.47. The van der Waals surface area contributed by atoms with Crippen molar-refractivity contribution in [2.75, 3.05) is 7.11 Å². The highest BCUT2D eigenvalue weighted by Crippen LogP contribution is 2.36. The molecule has 1 aromatic rings. The SMILES string of the molecule is COc1ccc(C(C)(C)C(N)C(F)(F)F)cc1F. The van der Waals surface area contributed by atoms with Crippen LogP contribution in [0.15, 0.2) is 18.2 Å². The van der Waals surface area contributed by atoms with E-state index >= 15 is 0 Å². The molecule has 0 aliphatic rings. The van der Waals surface area contributed by atoms with Gasteiger partial charge in [-0.25, -0.2) is 4.39 Å². The monoisotopic (exact) mass is 265 g/mol. The van der Waals surface area contributed by atoms with Crippen LogP contribution in [-0.2, 0) is 5.41 Å². The standard InChI is InChI=1S/C12H15F4NO/c1-11(2,10(17)12(14,15)16)7-4-5-9(18-3)8(13)6-7/h4-6,10H,17H2,1-3H3. The average molecular weight is 265 g/mol. The smallest absolute Gasteiger partial charge is 0.404 e. The van der Waals surface area contributed by atoms with E-state index in [1.807, 2.05) is 0 Å². The fraction of sp³-hybridized carbons (Fsp3) is 0.500. The second-order valence-corrected chi connectivity index (χ2v) is 4.59. The Hall–Kier alpha value is -1.30. The Bertz CT molecular complexity index is 429. The normalized spacial score (nSPS) is 14.4. The van der Waals surface area contributed by atoms with Crippen LogP contribution in [0.1, 0.15) is 19.4 Å². The molecule has 2 nitrogen and oxygen atoms in total. The van der Waals surface area contributed by atoms with Crippen LogP contribution in [0.2, 0.25) is 0 Å². The van der Waals surface area contributed by atoms with Gasteiger partial charge in [0.2, 0.25) is 0 Å². The topological polar surface area (TPSA) is 35.2 Å². The Morgan fingerprint density at radius 1 is 1.22 bits per heavy atom. The van der Waals surface area contributed by atoms with E-state index in [-0.39, 0.29) is 11.3 Å². The quantitative estimate of drug-likeness (QED) is 0.853. The fourth-order valence-corrected chi connectivity index (χ4v) is 1.66. The molecule has 0 aliphatic carbocycles. The zero-order valence-electron chi connectivity index (χ0n) is 10.3. The van der Waals surface area contributed by atoms with E-state index in [0.29, 0.717) is 0 Å². The van der Waals surface area contributed by atoms with E-state index in [9.17, 15) is 17.6 Å². The van der Waals surface area contributed by atoms with E-state index in [1.165, 1.54) is 33.1 Å².